The maximum atomic E-state index is 13.8. The maximum Gasteiger partial charge on any atom is 0.397 e. The van der Waals surface area contributed by atoms with Crippen LogP contribution in [0, 0.1) is 12.8 Å². The van der Waals surface area contributed by atoms with Crippen LogP contribution in [0.1, 0.15) is 89.7 Å². The number of hydrogen-bond donors (Lipinski definition) is 3. The number of carbonyl (C=O) groups excluding carboxylic acids is 2. The summed E-state index contributed by atoms with van der Waals surface area (Å²) < 4.78 is 32.3. The van der Waals surface area contributed by atoms with E-state index < -0.39 is 12.2 Å². The second-order valence-electron chi connectivity index (χ2n) is 9.94. The number of aryl methyl sites for hydroxylation is 1. The number of hydrogen-bond acceptors (Lipinski definition) is 5. The van der Waals surface area contributed by atoms with Gasteiger partial charge in [0.25, 0.3) is 0 Å². The Morgan fingerprint density at radius 2 is 1.74 bits per heavy atom. The summed E-state index contributed by atoms with van der Waals surface area (Å²) in [5.41, 5.74) is 3.37. The number of nitrogens with one attached hydrogen (secondary N) is 2. The van der Waals surface area contributed by atoms with Crippen molar-refractivity contribution in [2.75, 3.05) is 10.6 Å². The minimum Gasteiger partial charge on any atom is -0.433 e. The van der Waals surface area contributed by atoms with Crippen molar-refractivity contribution in [2.45, 2.75) is 104 Å². The zero-order valence-electron chi connectivity index (χ0n) is 23.9. The van der Waals surface area contributed by atoms with Gasteiger partial charge in [0.15, 0.2) is 0 Å². The van der Waals surface area contributed by atoms with Crippen LogP contribution in [-0.2, 0) is 16.1 Å². The van der Waals surface area contributed by atoms with Gasteiger partial charge in [-0.15, -0.1) is 0 Å². The largest absolute Gasteiger partial charge is 0.433 e. The second-order valence-corrected chi connectivity index (χ2v) is 9.94. The lowest BCUT2D eigenvalue weighted by molar-refractivity contribution is -0.180. The molecule has 1 atom stereocenters. The van der Waals surface area contributed by atoms with E-state index in [2.05, 4.69) is 24.5 Å². The molecule has 6 nitrogen and oxygen atoms in total. The molecule has 0 aliphatic heterocycles. The Balaban J connectivity index is 0.00000142. The summed E-state index contributed by atoms with van der Waals surface area (Å²) in [7, 11) is 0. The number of anilines is 2. The topological polar surface area (TPSA) is 87.7 Å². The molecule has 1 aliphatic rings. The van der Waals surface area contributed by atoms with Crippen molar-refractivity contribution >= 4 is 24.1 Å². The van der Waals surface area contributed by atoms with Crippen molar-refractivity contribution in [2.24, 2.45) is 5.92 Å². The number of carbonyl (C=O) groups is 2. The molecule has 1 amide bonds. The van der Waals surface area contributed by atoms with Crippen LogP contribution in [0.25, 0.3) is 0 Å². The number of aliphatic hydroxyl groups is 1. The van der Waals surface area contributed by atoms with E-state index in [9.17, 15) is 18.7 Å². The van der Waals surface area contributed by atoms with Crippen molar-refractivity contribution in [1.29, 1.82) is 0 Å². The van der Waals surface area contributed by atoms with Crippen LogP contribution in [0.15, 0.2) is 42.5 Å². The fraction of sp³-hybridized carbons (Fsp3) is 0.548. The summed E-state index contributed by atoms with van der Waals surface area (Å²) >= 11 is 0. The lowest BCUT2D eigenvalue weighted by atomic mass is 9.84. The van der Waals surface area contributed by atoms with Crippen LogP contribution < -0.4 is 15.4 Å². The third-order valence-corrected chi connectivity index (χ3v) is 6.34. The molecule has 2 aromatic rings. The van der Waals surface area contributed by atoms with Gasteiger partial charge in [0, 0.05) is 24.0 Å². The molecule has 218 valence electrons. The van der Waals surface area contributed by atoms with Crippen molar-refractivity contribution < 1.29 is 28.2 Å². The molecule has 8 heteroatoms. The van der Waals surface area contributed by atoms with Crippen molar-refractivity contribution in [1.82, 2.24) is 0 Å². The average Bonchev–Trinajstić information content (AvgIpc) is 2.90. The summed E-state index contributed by atoms with van der Waals surface area (Å²) in [6.45, 7) is 10.4. The first-order chi connectivity index (χ1) is 18.7. The zero-order chi connectivity index (χ0) is 29.3. The van der Waals surface area contributed by atoms with Crippen molar-refractivity contribution in [3.8, 4) is 5.75 Å². The number of halogens is 2. The molecular weight excluding hydrogens is 502 g/mol. The molecule has 3 N–H and O–H groups in total. The van der Waals surface area contributed by atoms with E-state index in [1.54, 1.807) is 25.1 Å². The molecule has 2 aromatic carbocycles. The molecule has 0 heterocycles. The normalized spacial score (nSPS) is 14.1. The average molecular weight is 549 g/mol. The highest BCUT2D eigenvalue weighted by molar-refractivity contribution is 5.91. The summed E-state index contributed by atoms with van der Waals surface area (Å²) in [5.74, 6) is 0.158. The van der Waals surface area contributed by atoms with Crippen LogP contribution in [0.5, 0.6) is 5.75 Å². The first-order valence-corrected chi connectivity index (χ1v) is 13.9. The van der Waals surface area contributed by atoms with Gasteiger partial charge in [-0.1, -0.05) is 58.6 Å². The lowest BCUT2D eigenvalue weighted by Gasteiger charge is -2.26. The van der Waals surface area contributed by atoms with Crippen LogP contribution in [0.2, 0.25) is 0 Å². The highest BCUT2D eigenvalue weighted by Crippen LogP contribution is 2.29. The molecule has 0 spiro atoms. The number of aliphatic hydroxyl groups excluding tert-OH is 1. The Bertz CT molecular complexity index is 981. The number of ether oxygens (including phenoxy) is 1. The Morgan fingerprint density at radius 3 is 2.36 bits per heavy atom. The van der Waals surface area contributed by atoms with Crippen molar-refractivity contribution in [3.63, 3.8) is 0 Å². The molecule has 39 heavy (non-hydrogen) atoms. The molecule has 1 aliphatic carbocycles. The minimum absolute atomic E-state index is 0.114. The van der Waals surface area contributed by atoms with Gasteiger partial charge in [-0.25, -0.2) is 0 Å². The molecule has 0 radical (unpaired) electrons. The van der Waals surface area contributed by atoms with Gasteiger partial charge in [-0.05, 0) is 67.5 Å². The summed E-state index contributed by atoms with van der Waals surface area (Å²) in [5, 5.41) is 16.5. The lowest BCUT2D eigenvalue weighted by Crippen LogP contribution is -2.28. The molecule has 0 saturated heterocycles. The third kappa shape index (κ3) is 13.1. The SMILES string of the molecule is C=O.CCC.CCCC(F)(F)Oc1cccc(NCc2ccc(NC(=O)CC(O)C3CCCCC3)cc2C)c1. The first-order valence-electron chi connectivity index (χ1n) is 13.9. The van der Waals surface area contributed by atoms with E-state index >= 15 is 0 Å². The predicted molar refractivity (Wildman–Crippen MR) is 154 cm³/mol. The van der Waals surface area contributed by atoms with Gasteiger partial charge in [0.1, 0.15) is 12.5 Å². The van der Waals surface area contributed by atoms with E-state index in [0.29, 0.717) is 24.3 Å². The molecule has 0 aromatic heterocycles. The summed E-state index contributed by atoms with van der Waals surface area (Å²) in [4.78, 5) is 20.4. The van der Waals surface area contributed by atoms with Crippen molar-refractivity contribution in [3.05, 3.63) is 53.6 Å². The Morgan fingerprint density at radius 1 is 1.08 bits per heavy atom. The van der Waals surface area contributed by atoms with Gasteiger partial charge in [-0.2, -0.15) is 8.78 Å². The predicted octanol–water partition coefficient (Wildman–Crippen LogP) is 7.88. The minimum atomic E-state index is -3.18. The molecule has 1 saturated carbocycles. The highest BCUT2D eigenvalue weighted by atomic mass is 19.3. The number of benzene rings is 2. The van der Waals surface area contributed by atoms with E-state index in [1.807, 2.05) is 31.9 Å². The fourth-order valence-electron chi connectivity index (χ4n) is 4.44. The third-order valence-electron chi connectivity index (χ3n) is 6.34. The van der Waals surface area contributed by atoms with Crippen LogP contribution >= 0.6 is 0 Å². The molecule has 0 bridgehead atoms. The van der Waals surface area contributed by atoms with E-state index in [0.717, 1.165) is 36.8 Å². The van der Waals surface area contributed by atoms with Gasteiger partial charge >= 0.3 is 6.11 Å². The first kappa shape index (κ1) is 34.0. The standard InChI is InChI=1S/C27H36F2N2O3.C3H8.CH2O/c1-3-14-27(28,29)34-24-11-7-10-22(16-24)30-18-21-12-13-23(15-19(21)2)31-26(33)17-25(32)20-8-5-4-6-9-20;1-3-2;1-2/h7,10-13,15-16,20,25,30,32H,3-6,8-9,14,17-18H2,1-2H3,(H,31,33);3H2,1-2H3;1H2. The van der Waals surface area contributed by atoms with E-state index in [4.69, 9.17) is 9.53 Å². The number of amides is 1. The zero-order valence-corrected chi connectivity index (χ0v) is 23.9. The molecule has 3 rings (SSSR count). The Kier molecular flexibility index (Phi) is 16.0. The van der Waals surface area contributed by atoms with Gasteiger partial charge in [0.05, 0.1) is 18.9 Å². The number of alkyl halides is 2. The van der Waals surface area contributed by atoms with E-state index in [1.165, 1.54) is 18.9 Å². The molecule has 1 unspecified atom stereocenters. The second kappa shape index (κ2) is 18.3. The van der Waals surface area contributed by atoms with Crippen LogP contribution in [0.4, 0.5) is 20.2 Å². The monoisotopic (exact) mass is 548 g/mol. The van der Waals surface area contributed by atoms with E-state index in [-0.39, 0.29) is 30.4 Å². The molecular formula is C31H46F2N2O4. The maximum absolute atomic E-state index is 13.8. The Labute approximate surface area is 232 Å². The molecule has 1 fully saturated rings. The van der Waals surface area contributed by atoms with Gasteiger partial charge in [0.2, 0.25) is 5.91 Å². The smallest absolute Gasteiger partial charge is 0.397 e. The van der Waals surface area contributed by atoms with Gasteiger partial charge in [-0.3, -0.25) is 4.79 Å². The van der Waals surface area contributed by atoms with Crippen LogP contribution in [-0.4, -0.2) is 30.0 Å². The summed E-state index contributed by atoms with van der Waals surface area (Å²) in [6, 6.07) is 12.2. The fourth-order valence-corrected chi connectivity index (χ4v) is 4.44. The summed E-state index contributed by atoms with van der Waals surface area (Å²) in [6.07, 6.45) is 3.04. The highest BCUT2D eigenvalue weighted by Gasteiger charge is 2.30. The van der Waals surface area contributed by atoms with Crippen LogP contribution in [0.3, 0.4) is 0 Å². The quantitative estimate of drug-likeness (QED) is 0.266. The van der Waals surface area contributed by atoms with Gasteiger partial charge < -0.3 is 25.3 Å². The number of rotatable bonds is 11. The Hall–Kier alpha value is -3.00.